The van der Waals surface area contributed by atoms with E-state index in [0.717, 1.165) is 23.5 Å². The molecular weight excluding hydrogens is 290 g/mol. The van der Waals surface area contributed by atoms with E-state index >= 15 is 0 Å². The van der Waals surface area contributed by atoms with Gasteiger partial charge in [-0.1, -0.05) is 6.92 Å². The zero-order chi connectivity index (χ0) is 15.5. The largest absolute Gasteiger partial charge is 0.352 e. The van der Waals surface area contributed by atoms with E-state index in [1.807, 2.05) is 25.5 Å². The van der Waals surface area contributed by atoms with Crippen LogP contribution in [0.1, 0.15) is 23.9 Å². The summed E-state index contributed by atoms with van der Waals surface area (Å²) in [6.45, 7) is 5.57. The lowest BCUT2D eigenvalue weighted by atomic mass is 10.3. The van der Waals surface area contributed by atoms with E-state index in [-0.39, 0.29) is 11.4 Å². The second kappa shape index (κ2) is 6.42. The SMILES string of the molecule is CCNCc1cc(S(=O)(=O)NCc2cn[nH]c2C)cn1C. The van der Waals surface area contributed by atoms with E-state index in [2.05, 4.69) is 20.2 Å². The molecule has 7 nitrogen and oxygen atoms in total. The Morgan fingerprint density at radius 2 is 2.14 bits per heavy atom. The van der Waals surface area contributed by atoms with Gasteiger partial charge in [0.05, 0.1) is 11.1 Å². The summed E-state index contributed by atoms with van der Waals surface area (Å²) in [5.74, 6) is 0. The monoisotopic (exact) mass is 311 g/mol. The summed E-state index contributed by atoms with van der Waals surface area (Å²) in [6, 6.07) is 1.69. The average molecular weight is 311 g/mol. The van der Waals surface area contributed by atoms with Gasteiger partial charge in [0.25, 0.3) is 0 Å². The topological polar surface area (TPSA) is 91.8 Å². The first-order chi connectivity index (χ1) is 9.94. The van der Waals surface area contributed by atoms with E-state index in [4.69, 9.17) is 0 Å². The van der Waals surface area contributed by atoms with Crippen molar-refractivity contribution in [1.82, 2.24) is 24.8 Å². The van der Waals surface area contributed by atoms with Gasteiger partial charge in [-0.25, -0.2) is 13.1 Å². The van der Waals surface area contributed by atoms with Crippen LogP contribution in [0.2, 0.25) is 0 Å². The highest BCUT2D eigenvalue weighted by molar-refractivity contribution is 7.89. The highest BCUT2D eigenvalue weighted by Gasteiger charge is 2.17. The molecule has 116 valence electrons. The quantitative estimate of drug-likeness (QED) is 0.700. The van der Waals surface area contributed by atoms with Crippen LogP contribution in [0, 0.1) is 6.92 Å². The summed E-state index contributed by atoms with van der Waals surface area (Å²) in [6.07, 6.45) is 3.25. The van der Waals surface area contributed by atoms with Crippen molar-refractivity contribution in [2.24, 2.45) is 7.05 Å². The molecule has 0 aliphatic heterocycles. The zero-order valence-corrected chi connectivity index (χ0v) is 13.3. The Bertz CT molecular complexity index is 702. The molecule has 0 radical (unpaired) electrons. The summed E-state index contributed by atoms with van der Waals surface area (Å²) in [7, 11) is -1.68. The van der Waals surface area contributed by atoms with Crippen molar-refractivity contribution in [3.8, 4) is 0 Å². The van der Waals surface area contributed by atoms with Gasteiger partial charge >= 0.3 is 0 Å². The maximum Gasteiger partial charge on any atom is 0.242 e. The van der Waals surface area contributed by atoms with Crippen LogP contribution in [0.15, 0.2) is 23.4 Å². The number of nitrogens with zero attached hydrogens (tertiary/aromatic N) is 2. The molecule has 8 heteroatoms. The van der Waals surface area contributed by atoms with Gasteiger partial charge in [0, 0.05) is 43.3 Å². The van der Waals surface area contributed by atoms with E-state index < -0.39 is 10.0 Å². The molecule has 2 aromatic rings. The number of rotatable bonds is 7. The first-order valence-corrected chi connectivity index (χ1v) is 8.27. The molecule has 0 aliphatic carbocycles. The molecule has 2 rings (SSSR count). The fraction of sp³-hybridized carbons (Fsp3) is 0.462. The number of aromatic nitrogens is 3. The summed E-state index contributed by atoms with van der Waals surface area (Å²) >= 11 is 0. The number of aryl methyl sites for hydroxylation is 2. The minimum absolute atomic E-state index is 0.224. The smallest absolute Gasteiger partial charge is 0.242 e. The van der Waals surface area contributed by atoms with Gasteiger partial charge < -0.3 is 9.88 Å². The van der Waals surface area contributed by atoms with Gasteiger partial charge in [-0.2, -0.15) is 5.10 Å². The molecule has 0 bridgehead atoms. The standard InChI is InChI=1S/C13H21N5O2S/c1-4-14-8-12-5-13(9-18(12)3)21(19,20)16-7-11-6-15-17-10(11)2/h5-6,9,14,16H,4,7-8H2,1-3H3,(H,15,17). The minimum atomic E-state index is -3.52. The van der Waals surface area contributed by atoms with Crippen LogP contribution in [-0.4, -0.2) is 29.7 Å². The third-order valence-corrected chi connectivity index (χ3v) is 4.70. The van der Waals surface area contributed by atoms with Gasteiger partial charge in [-0.05, 0) is 19.5 Å². The molecule has 0 spiro atoms. The lowest BCUT2D eigenvalue weighted by molar-refractivity contribution is 0.581. The Hall–Kier alpha value is -1.64. The van der Waals surface area contributed by atoms with Gasteiger partial charge in [0.15, 0.2) is 0 Å². The maximum atomic E-state index is 12.3. The summed E-state index contributed by atoms with van der Waals surface area (Å²) in [5.41, 5.74) is 2.62. The van der Waals surface area contributed by atoms with Crippen LogP contribution in [0.4, 0.5) is 0 Å². The zero-order valence-electron chi connectivity index (χ0n) is 12.5. The Morgan fingerprint density at radius 1 is 1.38 bits per heavy atom. The first-order valence-electron chi connectivity index (χ1n) is 6.78. The number of H-pyrrole nitrogens is 1. The second-order valence-electron chi connectivity index (χ2n) is 4.90. The van der Waals surface area contributed by atoms with Gasteiger partial charge in [0.2, 0.25) is 10.0 Å². The van der Waals surface area contributed by atoms with Gasteiger partial charge in [-0.3, -0.25) is 5.10 Å². The third kappa shape index (κ3) is 3.72. The highest BCUT2D eigenvalue weighted by atomic mass is 32.2. The van der Waals surface area contributed by atoms with Crippen molar-refractivity contribution >= 4 is 10.0 Å². The molecule has 0 aromatic carbocycles. The number of nitrogens with one attached hydrogen (secondary N) is 3. The molecular formula is C13H21N5O2S. The van der Waals surface area contributed by atoms with Crippen molar-refractivity contribution < 1.29 is 8.42 Å². The van der Waals surface area contributed by atoms with Crippen molar-refractivity contribution in [1.29, 1.82) is 0 Å². The van der Waals surface area contributed by atoms with Crippen LogP contribution in [0.3, 0.4) is 0 Å². The third-order valence-electron chi connectivity index (χ3n) is 3.34. The molecule has 21 heavy (non-hydrogen) atoms. The lowest BCUT2D eigenvalue weighted by Gasteiger charge is -2.03. The lowest BCUT2D eigenvalue weighted by Crippen LogP contribution is -2.23. The van der Waals surface area contributed by atoms with E-state index in [1.54, 1.807) is 18.5 Å². The summed E-state index contributed by atoms with van der Waals surface area (Å²) in [5, 5.41) is 9.84. The predicted molar refractivity (Wildman–Crippen MR) is 80.1 cm³/mol. The highest BCUT2D eigenvalue weighted by Crippen LogP contribution is 2.14. The minimum Gasteiger partial charge on any atom is -0.352 e. The van der Waals surface area contributed by atoms with Crippen LogP contribution in [0.25, 0.3) is 0 Å². The maximum absolute atomic E-state index is 12.3. The van der Waals surface area contributed by atoms with Gasteiger partial charge in [-0.15, -0.1) is 0 Å². The fourth-order valence-electron chi connectivity index (χ4n) is 1.96. The molecule has 0 saturated heterocycles. The van der Waals surface area contributed by atoms with Crippen molar-refractivity contribution in [2.75, 3.05) is 6.54 Å². The molecule has 2 heterocycles. The summed E-state index contributed by atoms with van der Waals surface area (Å²) in [4.78, 5) is 0.277. The van der Waals surface area contributed by atoms with Crippen molar-refractivity contribution in [2.45, 2.75) is 31.8 Å². The number of hydrogen-bond acceptors (Lipinski definition) is 4. The molecule has 0 unspecified atom stereocenters. The number of aromatic amines is 1. The molecule has 0 aliphatic rings. The second-order valence-corrected chi connectivity index (χ2v) is 6.67. The Labute approximate surface area is 124 Å². The molecule has 0 saturated carbocycles. The summed E-state index contributed by atoms with van der Waals surface area (Å²) < 4.78 is 29.0. The van der Waals surface area contributed by atoms with E-state index in [1.165, 1.54) is 0 Å². The fourth-order valence-corrected chi connectivity index (χ4v) is 3.06. The molecule has 0 amide bonds. The van der Waals surface area contributed by atoms with Crippen molar-refractivity contribution in [3.63, 3.8) is 0 Å². The number of hydrogen-bond donors (Lipinski definition) is 3. The number of sulfonamides is 1. The van der Waals surface area contributed by atoms with E-state index in [0.29, 0.717) is 6.54 Å². The molecule has 2 aromatic heterocycles. The predicted octanol–water partition coefficient (Wildman–Crippen LogP) is 0.645. The Balaban J connectivity index is 2.10. The van der Waals surface area contributed by atoms with E-state index in [9.17, 15) is 8.42 Å². The molecule has 3 N–H and O–H groups in total. The first kappa shape index (κ1) is 15.7. The Morgan fingerprint density at radius 3 is 2.76 bits per heavy atom. The van der Waals surface area contributed by atoms with Crippen LogP contribution in [-0.2, 0) is 30.2 Å². The average Bonchev–Trinajstić information content (AvgIpc) is 3.01. The molecule has 0 atom stereocenters. The Kier molecular flexibility index (Phi) is 4.81. The van der Waals surface area contributed by atoms with Crippen LogP contribution < -0.4 is 10.0 Å². The van der Waals surface area contributed by atoms with Crippen LogP contribution >= 0.6 is 0 Å². The normalized spacial score (nSPS) is 12.0. The van der Waals surface area contributed by atoms with Gasteiger partial charge in [0.1, 0.15) is 0 Å². The van der Waals surface area contributed by atoms with Crippen molar-refractivity contribution in [3.05, 3.63) is 35.4 Å². The van der Waals surface area contributed by atoms with Crippen LogP contribution in [0.5, 0.6) is 0 Å². The molecule has 0 fully saturated rings.